The zero-order valence-corrected chi connectivity index (χ0v) is 14.1. The number of hydrogen-bond acceptors (Lipinski definition) is 2. The summed E-state index contributed by atoms with van der Waals surface area (Å²) in [6.45, 7) is 0. The summed E-state index contributed by atoms with van der Waals surface area (Å²) in [4.78, 5) is 4.68. The van der Waals surface area contributed by atoms with Gasteiger partial charge in [-0.2, -0.15) is 0 Å². The Labute approximate surface area is 150 Å². The van der Waals surface area contributed by atoms with Crippen molar-refractivity contribution in [3.05, 3.63) is 84.4 Å². The highest BCUT2D eigenvalue weighted by Crippen LogP contribution is 2.31. The summed E-state index contributed by atoms with van der Waals surface area (Å²) < 4.78 is 26.7. The summed E-state index contributed by atoms with van der Waals surface area (Å²) in [5, 5.41) is 4.14. The van der Waals surface area contributed by atoms with Crippen molar-refractivity contribution >= 4 is 16.6 Å². The summed E-state index contributed by atoms with van der Waals surface area (Å²) in [5.41, 5.74) is 5.06. The molecule has 0 spiro atoms. The van der Waals surface area contributed by atoms with Gasteiger partial charge in [-0.05, 0) is 53.6 Å². The van der Waals surface area contributed by atoms with E-state index >= 15 is 0 Å². The maximum atomic E-state index is 13.5. The predicted molar refractivity (Wildman–Crippen MR) is 102 cm³/mol. The topological polar surface area (TPSA) is 24.9 Å². The Hall–Kier alpha value is -3.27. The molecule has 0 atom stereocenters. The molecule has 2 nitrogen and oxygen atoms in total. The van der Waals surface area contributed by atoms with Crippen molar-refractivity contribution in [1.29, 1.82) is 0 Å². The number of nitrogens with one attached hydrogen (secondary N) is 1. The molecule has 1 N–H and O–H groups in total. The van der Waals surface area contributed by atoms with Crippen LogP contribution in [0.3, 0.4) is 0 Å². The van der Waals surface area contributed by atoms with Crippen LogP contribution in [-0.4, -0.2) is 12.0 Å². The molecule has 4 aromatic rings. The molecule has 3 aromatic carbocycles. The average molecular weight is 346 g/mol. The van der Waals surface area contributed by atoms with Gasteiger partial charge in [0, 0.05) is 23.7 Å². The number of hydrogen-bond donors (Lipinski definition) is 1. The van der Waals surface area contributed by atoms with Crippen LogP contribution in [0, 0.1) is 11.6 Å². The van der Waals surface area contributed by atoms with Crippen LogP contribution in [0.4, 0.5) is 14.5 Å². The van der Waals surface area contributed by atoms with Gasteiger partial charge >= 0.3 is 0 Å². The Balaban J connectivity index is 1.86. The van der Waals surface area contributed by atoms with E-state index in [2.05, 4.69) is 10.3 Å². The zero-order chi connectivity index (χ0) is 18.1. The van der Waals surface area contributed by atoms with Crippen LogP contribution in [0.25, 0.3) is 33.3 Å². The van der Waals surface area contributed by atoms with E-state index in [1.165, 1.54) is 24.3 Å². The van der Waals surface area contributed by atoms with Crippen molar-refractivity contribution in [1.82, 2.24) is 4.98 Å². The number of nitrogens with zero attached hydrogens (tertiary/aromatic N) is 1. The number of rotatable bonds is 3. The highest BCUT2D eigenvalue weighted by molar-refractivity contribution is 5.96. The molecular formula is C22H16F2N2. The van der Waals surface area contributed by atoms with Gasteiger partial charge in [0.1, 0.15) is 11.6 Å². The van der Waals surface area contributed by atoms with Gasteiger partial charge in [0.15, 0.2) is 0 Å². The van der Waals surface area contributed by atoms with Gasteiger partial charge in [0.2, 0.25) is 0 Å². The molecule has 0 amide bonds. The smallest absolute Gasteiger partial charge is 0.123 e. The monoisotopic (exact) mass is 346 g/mol. The first-order valence-corrected chi connectivity index (χ1v) is 8.28. The third-order valence-corrected chi connectivity index (χ3v) is 4.38. The third kappa shape index (κ3) is 3.02. The molecule has 4 heteroatoms. The van der Waals surface area contributed by atoms with Crippen LogP contribution in [0.2, 0.25) is 0 Å². The van der Waals surface area contributed by atoms with Gasteiger partial charge in [-0.15, -0.1) is 0 Å². The fourth-order valence-electron chi connectivity index (χ4n) is 3.05. The molecule has 0 aliphatic rings. The van der Waals surface area contributed by atoms with E-state index in [0.29, 0.717) is 5.69 Å². The van der Waals surface area contributed by atoms with Crippen molar-refractivity contribution in [2.45, 2.75) is 0 Å². The van der Waals surface area contributed by atoms with E-state index in [9.17, 15) is 8.78 Å². The second-order valence-corrected chi connectivity index (χ2v) is 6.05. The van der Waals surface area contributed by atoms with Crippen molar-refractivity contribution in [3.8, 4) is 22.4 Å². The molecule has 1 heterocycles. The van der Waals surface area contributed by atoms with E-state index in [0.717, 1.165) is 33.3 Å². The summed E-state index contributed by atoms with van der Waals surface area (Å²) in [5.74, 6) is -0.547. The van der Waals surface area contributed by atoms with Crippen LogP contribution in [-0.2, 0) is 0 Å². The Bertz CT molecular complexity index is 1090. The van der Waals surface area contributed by atoms with E-state index < -0.39 is 0 Å². The molecule has 0 saturated carbocycles. The van der Waals surface area contributed by atoms with Gasteiger partial charge in [-0.25, -0.2) is 13.8 Å². The molecule has 0 fully saturated rings. The summed E-state index contributed by atoms with van der Waals surface area (Å²) >= 11 is 0. The number of benzene rings is 3. The highest BCUT2D eigenvalue weighted by Gasteiger charge is 2.09. The summed E-state index contributed by atoms with van der Waals surface area (Å²) in [7, 11) is 1.84. The SMILES string of the molecule is CNc1cc(-c2cccc(F)c2)nc2ccc(-c3ccc(F)cc3)cc12. The molecule has 1 aromatic heterocycles. The van der Waals surface area contributed by atoms with Gasteiger partial charge in [0.05, 0.1) is 11.2 Å². The highest BCUT2D eigenvalue weighted by atomic mass is 19.1. The van der Waals surface area contributed by atoms with Gasteiger partial charge < -0.3 is 5.32 Å². The number of aromatic nitrogens is 1. The average Bonchev–Trinajstić information content (AvgIpc) is 2.67. The lowest BCUT2D eigenvalue weighted by Crippen LogP contribution is -1.95. The Kier molecular flexibility index (Phi) is 4.09. The first kappa shape index (κ1) is 16.2. The van der Waals surface area contributed by atoms with Crippen molar-refractivity contribution < 1.29 is 8.78 Å². The van der Waals surface area contributed by atoms with Gasteiger partial charge in [-0.1, -0.05) is 30.3 Å². The molecule has 0 bridgehead atoms. The second-order valence-electron chi connectivity index (χ2n) is 6.05. The molecule has 0 aliphatic heterocycles. The van der Waals surface area contributed by atoms with Crippen molar-refractivity contribution in [3.63, 3.8) is 0 Å². The molecule has 0 aliphatic carbocycles. The lowest BCUT2D eigenvalue weighted by molar-refractivity contribution is 0.627. The van der Waals surface area contributed by atoms with Crippen LogP contribution in [0.15, 0.2) is 72.8 Å². The predicted octanol–water partition coefficient (Wildman–Crippen LogP) is 5.89. The Morgan fingerprint density at radius 3 is 2.23 bits per heavy atom. The standard InChI is InChI=1S/C22H16F2N2/c1-25-22-13-21(16-3-2-4-18(24)11-16)26-20-10-7-15(12-19(20)22)14-5-8-17(23)9-6-14/h2-13H,1H3,(H,25,26). The largest absolute Gasteiger partial charge is 0.388 e. The van der Waals surface area contributed by atoms with E-state index in [1.54, 1.807) is 18.2 Å². The van der Waals surface area contributed by atoms with E-state index in [1.807, 2.05) is 37.4 Å². The molecule has 0 unspecified atom stereocenters. The fourth-order valence-corrected chi connectivity index (χ4v) is 3.05. The number of pyridine rings is 1. The lowest BCUT2D eigenvalue weighted by Gasteiger charge is -2.11. The minimum atomic E-state index is -0.290. The zero-order valence-electron chi connectivity index (χ0n) is 14.1. The Morgan fingerprint density at radius 2 is 1.50 bits per heavy atom. The van der Waals surface area contributed by atoms with Crippen molar-refractivity contribution in [2.24, 2.45) is 0 Å². The van der Waals surface area contributed by atoms with Crippen molar-refractivity contribution in [2.75, 3.05) is 12.4 Å². The van der Waals surface area contributed by atoms with E-state index in [-0.39, 0.29) is 11.6 Å². The molecular weight excluding hydrogens is 330 g/mol. The second kappa shape index (κ2) is 6.56. The minimum absolute atomic E-state index is 0.258. The van der Waals surface area contributed by atoms with Crippen LogP contribution in [0.5, 0.6) is 0 Å². The number of halogens is 2. The van der Waals surface area contributed by atoms with Gasteiger partial charge in [0.25, 0.3) is 0 Å². The third-order valence-electron chi connectivity index (χ3n) is 4.38. The first-order chi connectivity index (χ1) is 12.6. The lowest BCUT2D eigenvalue weighted by atomic mass is 10.0. The molecule has 128 valence electrons. The first-order valence-electron chi connectivity index (χ1n) is 8.28. The maximum Gasteiger partial charge on any atom is 0.123 e. The summed E-state index contributed by atoms with van der Waals surface area (Å²) in [6.07, 6.45) is 0. The molecule has 26 heavy (non-hydrogen) atoms. The molecule has 4 rings (SSSR count). The van der Waals surface area contributed by atoms with E-state index in [4.69, 9.17) is 0 Å². The fraction of sp³-hybridized carbons (Fsp3) is 0.0455. The summed E-state index contributed by atoms with van der Waals surface area (Å²) in [6, 6.07) is 20.6. The Morgan fingerprint density at radius 1 is 0.731 bits per heavy atom. The maximum absolute atomic E-state index is 13.5. The molecule has 0 radical (unpaired) electrons. The molecule has 0 saturated heterocycles. The van der Waals surface area contributed by atoms with Crippen LogP contribution in [0.1, 0.15) is 0 Å². The number of anilines is 1. The van der Waals surface area contributed by atoms with Gasteiger partial charge in [-0.3, -0.25) is 0 Å². The van der Waals surface area contributed by atoms with Crippen LogP contribution < -0.4 is 5.32 Å². The van der Waals surface area contributed by atoms with Crippen LogP contribution >= 0.6 is 0 Å². The quantitative estimate of drug-likeness (QED) is 0.500. The number of fused-ring (bicyclic) bond motifs is 1. The minimum Gasteiger partial charge on any atom is -0.388 e. The normalized spacial score (nSPS) is 10.9.